The van der Waals surface area contributed by atoms with E-state index in [2.05, 4.69) is 41.8 Å². The summed E-state index contributed by atoms with van der Waals surface area (Å²) >= 11 is 0. The van der Waals surface area contributed by atoms with E-state index in [0.29, 0.717) is 5.54 Å². The molecule has 0 N–H and O–H groups in total. The second-order valence-electron chi connectivity index (χ2n) is 19.9. The van der Waals surface area contributed by atoms with Crippen LogP contribution in [0.4, 0.5) is 0 Å². The maximum Gasteiger partial charge on any atom is 0.0959 e. The molecule has 0 atom stereocenters. The van der Waals surface area contributed by atoms with E-state index in [9.17, 15) is 0 Å². The number of hydrogen-bond donors (Lipinski definition) is 0. The number of quaternary nitrogens is 1. The molecule has 0 aliphatic rings. The fourth-order valence-electron chi connectivity index (χ4n) is 9.46. The second kappa shape index (κ2) is 43.5. The fourth-order valence-corrected chi connectivity index (χ4v) is 9.46. The number of unbranched alkanes of at least 4 members (excludes halogenated alkanes) is 41. The van der Waals surface area contributed by atoms with Gasteiger partial charge in [-0.25, -0.2) is 0 Å². The van der Waals surface area contributed by atoms with Gasteiger partial charge >= 0.3 is 0 Å². The Hall–Kier alpha value is -0.0400. The van der Waals surface area contributed by atoms with Gasteiger partial charge in [-0.15, -0.1) is 0 Å². The zero-order chi connectivity index (χ0) is 40.2. The van der Waals surface area contributed by atoms with Gasteiger partial charge in [0.1, 0.15) is 0 Å². The van der Waals surface area contributed by atoms with Crippen LogP contribution in [-0.2, 0) is 0 Å². The molecule has 0 unspecified atom stereocenters. The third kappa shape index (κ3) is 37.9. The third-order valence-corrected chi connectivity index (χ3v) is 14.2. The first-order chi connectivity index (χ1) is 26.9. The number of nitrogens with zero attached hydrogens (tertiary/aromatic N) is 1. The molecule has 0 saturated carbocycles. The van der Waals surface area contributed by atoms with Gasteiger partial charge in [0.05, 0.1) is 26.2 Å². The van der Waals surface area contributed by atoms with Crippen LogP contribution in [0.2, 0.25) is 0 Å². The Bertz CT molecular complexity index is 663. The molecule has 0 amide bonds. The van der Waals surface area contributed by atoms with Crippen LogP contribution in [0.25, 0.3) is 0 Å². The Balaban J connectivity index is 4.33. The van der Waals surface area contributed by atoms with E-state index in [4.69, 9.17) is 0 Å². The van der Waals surface area contributed by atoms with E-state index in [1.165, 1.54) is 306 Å². The van der Waals surface area contributed by atoms with Crippen LogP contribution < -0.4 is 0 Å². The van der Waals surface area contributed by atoms with Gasteiger partial charge in [-0.1, -0.05) is 278 Å². The molecule has 0 aromatic rings. The third-order valence-electron chi connectivity index (χ3n) is 14.2. The second-order valence-corrected chi connectivity index (χ2v) is 19.9. The average molecular weight is 775 g/mol. The monoisotopic (exact) mass is 775 g/mol. The highest BCUT2D eigenvalue weighted by molar-refractivity contribution is 4.77. The number of hydrogen-bond acceptors (Lipinski definition) is 0. The van der Waals surface area contributed by atoms with Crippen LogP contribution in [0, 0.1) is 0 Å². The predicted molar refractivity (Wildman–Crippen MR) is 255 cm³/mol. The summed E-state index contributed by atoms with van der Waals surface area (Å²) in [5, 5.41) is 0. The highest BCUT2D eigenvalue weighted by atomic mass is 15.4. The molecular formula is C54H112N+. The smallest absolute Gasteiger partial charge is 0.0959 e. The zero-order valence-corrected chi connectivity index (χ0v) is 40.2. The molecule has 0 fully saturated rings. The minimum absolute atomic E-state index is 0.448. The lowest BCUT2D eigenvalue weighted by molar-refractivity contribution is -0.941. The molecule has 55 heavy (non-hydrogen) atoms. The summed E-state index contributed by atoms with van der Waals surface area (Å²) in [6, 6.07) is 0. The summed E-state index contributed by atoms with van der Waals surface area (Å²) in [5.41, 5.74) is 0.448. The molecule has 0 rings (SSSR count). The van der Waals surface area contributed by atoms with Crippen molar-refractivity contribution >= 4 is 0 Å². The molecule has 0 aliphatic heterocycles. The van der Waals surface area contributed by atoms with Crippen molar-refractivity contribution in [1.82, 2.24) is 0 Å². The molecule has 0 spiro atoms. The van der Waals surface area contributed by atoms with Gasteiger partial charge in [0.25, 0.3) is 0 Å². The highest BCUT2D eigenvalue weighted by Crippen LogP contribution is 2.34. The Morgan fingerprint density at radius 3 is 0.600 bits per heavy atom. The van der Waals surface area contributed by atoms with Gasteiger partial charge in [-0.05, 0) is 32.6 Å². The van der Waals surface area contributed by atoms with Crippen molar-refractivity contribution in [2.24, 2.45) is 0 Å². The van der Waals surface area contributed by atoms with Crippen LogP contribution in [-0.4, -0.2) is 30.7 Å². The van der Waals surface area contributed by atoms with E-state index >= 15 is 0 Å². The summed E-state index contributed by atoms with van der Waals surface area (Å²) in [7, 11) is 5.22. The van der Waals surface area contributed by atoms with Crippen molar-refractivity contribution in [2.45, 2.75) is 329 Å². The lowest BCUT2D eigenvalue weighted by Crippen LogP contribution is -2.58. The normalized spacial score (nSPS) is 12.3. The molecule has 0 aromatic carbocycles. The molecule has 1 heteroatoms. The molecule has 0 radical (unpaired) electrons. The van der Waals surface area contributed by atoms with Gasteiger partial charge in [-0.3, -0.25) is 0 Å². The molecule has 1 nitrogen and oxygen atoms in total. The molecule has 0 aromatic heterocycles. The van der Waals surface area contributed by atoms with Gasteiger partial charge < -0.3 is 4.48 Å². The van der Waals surface area contributed by atoms with Crippen LogP contribution in [0.1, 0.15) is 323 Å². The lowest BCUT2D eigenvalue weighted by atomic mass is 9.84. The van der Waals surface area contributed by atoms with Crippen LogP contribution in [0.5, 0.6) is 0 Å². The lowest BCUT2D eigenvalue weighted by Gasteiger charge is -2.47. The molecule has 0 aliphatic carbocycles. The maximum absolute atomic E-state index is 2.70. The zero-order valence-electron chi connectivity index (χ0n) is 40.2. The predicted octanol–water partition coefficient (Wildman–Crippen LogP) is 19.8. The van der Waals surface area contributed by atoms with Crippen LogP contribution in [0.3, 0.4) is 0 Å². The van der Waals surface area contributed by atoms with Gasteiger partial charge in [0, 0.05) is 12.8 Å². The number of rotatable bonds is 48. The Morgan fingerprint density at radius 1 is 0.236 bits per heavy atom. The minimum atomic E-state index is 0.448. The van der Waals surface area contributed by atoms with E-state index in [1.807, 2.05) is 0 Å². The van der Waals surface area contributed by atoms with Crippen molar-refractivity contribution < 1.29 is 4.48 Å². The standard InChI is InChI=1S/C54H112N/c1-7-10-13-16-19-22-25-28-31-32-35-38-41-44-47-50-53-55(5,6)54(4,51-48-45-42-39-36-33-29-26-23-20-17-14-11-8-2)52-49-46-43-40-37-34-30-27-24-21-18-15-12-9-3/h7-53H2,1-6H3/q+1. The van der Waals surface area contributed by atoms with E-state index in [0.717, 1.165) is 0 Å². The molecule has 0 saturated heterocycles. The molecule has 0 bridgehead atoms. The maximum atomic E-state index is 2.70. The Morgan fingerprint density at radius 2 is 0.400 bits per heavy atom. The van der Waals surface area contributed by atoms with Gasteiger partial charge in [-0.2, -0.15) is 0 Å². The van der Waals surface area contributed by atoms with Crippen molar-refractivity contribution in [3.05, 3.63) is 0 Å². The van der Waals surface area contributed by atoms with Crippen molar-refractivity contribution in [1.29, 1.82) is 0 Å². The van der Waals surface area contributed by atoms with E-state index < -0.39 is 0 Å². The SMILES string of the molecule is CCCCCCCCCCCCCCCCCC[N+](C)(C)C(C)(CCCCCCCCCCCCCCCC)CCCCCCCCCCCCCCCC. The molecule has 0 heterocycles. The highest BCUT2D eigenvalue weighted by Gasteiger charge is 2.39. The summed E-state index contributed by atoms with van der Waals surface area (Å²) in [6.45, 7) is 11.0. The summed E-state index contributed by atoms with van der Waals surface area (Å²) in [4.78, 5) is 0. The first-order valence-corrected chi connectivity index (χ1v) is 26.8. The summed E-state index contributed by atoms with van der Waals surface area (Å²) in [6.07, 6.45) is 67.3. The van der Waals surface area contributed by atoms with Crippen molar-refractivity contribution in [2.75, 3.05) is 20.6 Å². The summed E-state index contributed by atoms with van der Waals surface area (Å²) in [5.74, 6) is 0. The van der Waals surface area contributed by atoms with E-state index in [-0.39, 0.29) is 0 Å². The quantitative estimate of drug-likeness (QED) is 0.0427. The van der Waals surface area contributed by atoms with Crippen LogP contribution >= 0.6 is 0 Å². The summed E-state index contributed by atoms with van der Waals surface area (Å²) < 4.78 is 1.25. The van der Waals surface area contributed by atoms with Crippen molar-refractivity contribution in [3.63, 3.8) is 0 Å². The molecule has 332 valence electrons. The van der Waals surface area contributed by atoms with Crippen LogP contribution in [0.15, 0.2) is 0 Å². The average Bonchev–Trinajstić information content (AvgIpc) is 3.18. The Labute approximate surface area is 352 Å². The Kier molecular flexibility index (Phi) is 43.5. The van der Waals surface area contributed by atoms with Gasteiger partial charge in [0.2, 0.25) is 0 Å². The first kappa shape index (κ1) is 55.0. The molecular weight excluding hydrogens is 663 g/mol. The van der Waals surface area contributed by atoms with Gasteiger partial charge in [0.15, 0.2) is 0 Å². The fraction of sp³-hybridized carbons (Fsp3) is 1.00. The topological polar surface area (TPSA) is 0 Å². The largest absolute Gasteiger partial charge is 0.324 e. The van der Waals surface area contributed by atoms with Crippen molar-refractivity contribution in [3.8, 4) is 0 Å². The van der Waals surface area contributed by atoms with E-state index in [1.54, 1.807) is 0 Å². The first-order valence-electron chi connectivity index (χ1n) is 26.8. The minimum Gasteiger partial charge on any atom is -0.324 e.